The quantitative estimate of drug-likeness (QED) is 0.404. The van der Waals surface area contributed by atoms with Crippen LogP contribution in [0.15, 0.2) is 54.6 Å². The summed E-state index contributed by atoms with van der Waals surface area (Å²) in [6, 6.07) is 16.5. The minimum atomic E-state index is -0.468. The van der Waals surface area contributed by atoms with Crippen LogP contribution in [-0.4, -0.2) is 25.0 Å². The number of nitrogens with one attached hydrogen (secondary N) is 2. The average Bonchev–Trinajstić information content (AvgIpc) is 2.60. The van der Waals surface area contributed by atoms with E-state index in [1.165, 1.54) is 0 Å². The van der Waals surface area contributed by atoms with Crippen LogP contribution in [0.3, 0.4) is 0 Å². The molecule has 0 spiro atoms. The highest BCUT2D eigenvalue weighted by Crippen LogP contribution is 2.17. The van der Waals surface area contributed by atoms with Crippen molar-refractivity contribution in [2.75, 3.05) is 13.2 Å². The summed E-state index contributed by atoms with van der Waals surface area (Å²) in [6.07, 6.45) is 0.749. The number of carbonyl (C=O) groups is 2. The second-order valence-electron chi connectivity index (χ2n) is 4.84. The second-order valence-corrected chi connectivity index (χ2v) is 4.84. The van der Waals surface area contributed by atoms with Crippen LogP contribution in [0.4, 0.5) is 0 Å². The van der Waals surface area contributed by atoms with Gasteiger partial charge in [0.05, 0.1) is 5.56 Å². The number of hydrogen-bond acceptors (Lipinski definition) is 4. The van der Waals surface area contributed by atoms with Gasteiger partial charge in [-0.15, -0.1) is 0 Å². The molecule has 0 aliphatic carbocycles. The van der Waals surface area contributed by atoms with Gasteiger partial charge in [-0.25, -0.2) is 5.84 Å². The first kappa shape index (κ1) is 16.5. The van der Waals surface area contributed by atoms with Crippen LogP contribution >= 0.6 is 0 Å². The zero-order chi connectivity index (χ0) is 16.5. The molecule has 0 saturated heterocycles. The summed E-state index contributed by atoms with van der Waals surface area (Å²) in [5.41, 5.74) is 3.48. The van der Waals surface area contributed by atoms with Crippen LogP contribution in [0.1, 0.15) is 15.9 Å². The molecular formula is C17H19N3O3. The molecule has 6 nitrogen and oxygen atoms in total. The molecule has 0 aliphatic rings. The lowest BCUT2D eigenvalue weighted by Crippen LogP contribution is -2.32. The van der Waals surface area contributed by atoms with Crippen LogP contribution < -0.4 is 21.3 Å². The van der Waals surface area contributed by atoms with E-state index >= 15 is 0 Å². The number of ether oxygens (including phenoxy) is 1. The molecule has 23 heavy (non-hydrogen) atoms. The van der Waals surface area contributed by atoms with E-state index in [1.807, 2.05) is 35.8 Å². The maximum atomic E-state index is 11.8. The first-order valence-corrected chi connectivity index (χ1v) is 7.24. The van der Waals surface area contributed by atoms with E-state index in [9.17, 15) is 9.59 Å². The van der Waals surface area contributed by atoms with Gasteiger partial charge in [0.15, 0.2) is 6.61 Å². The summed E-state index contributed by atoms with van der Waals surface area (Å²) in [4.78, 5) is 23.4. The molecule has 6 heteroatoms. The number of rotatable bonds is 7. The normalized spacial score (nSPS) is 9.96. The number of benzene rings is 2. The lowest BCUT2D eigenvalue weighted by molar-refractivity contribution is -0.123. The van der Waals surface area contributed by atoms with Gasteiger partial charge in [0.25, 0.3) is 11.8 Å². The Morgan fingerprint density at radius 2 is 1.70 bits per heavy atom. The molecule has 4 N–H and O–H groups in total. The zero-order valence-corrected chi connectivity index (χ0v) is 12.6. The Hall–Kier alpha value is -2.86. The molecule has 0 aliphatic heterocycles. The van der Waals surface area contributed by atoms with Crippen LogP contribution in [-0.2, 0) is 11.2 Å². The highest BCUT2D eigenvalue weighted by Gasteiger charge is 2.11. The number of hydrogen-bond donors (Lipinski definition) is 3. The number of nitrogen functional groups attached to an aromatic ring is 1. The first-order chi connectivity index (χ1) is 11.2. The Morgan fingerprint density at radius 3 is 2.43 bits per heavy atom. The molecule has 2 aromatic rings. The Bertz CT molecular complexity index is 659. The van der Waals surface area contributed by atoms with Crippen LogP contribution in [0.2, 0.25) is 0 Å². The molecule has 0 radical (unpaired) electrons. The minimum Gasteiger partial charge on any atom is -0.483 e. The molecule has 2 rings (SSSR count). The van der Waals surface area contributed by atoms with Gasteiger partial charge in [0.1, 0.15) is 5.75 Å². The Balaban J connectivity index is 1.79. The van der Waals surface area contributed by atoms with Crippen molar-refractivity contribution in [2.45, 2.75) is 6.42 Å². The standard InChI is InChI=1S/C17H19N3O3/c18-20-17(22)14-8-4-5-9-15(14)23-12-16(21)19-11-10-13-6-2-1-3-7-13/h1-9H,10-12,18H2,(H,19,21)(H,20,22). The van der Waals surface area contributed by atoms with Crippen LogP contribution in [0, 0.1) is 0 Å². The van der Waals surface area contributed by atoms with Gasteiger partial charge in [-0.1, -0.05) is 42.5 Å². The fourth-order valence-electron chi connectivity index (χ4n) is 2.04. The smallest absolute Gasteiger partial charge is 0.268 e. The summed E-state index contributed by atoms with van der Waals surface area (Å²) in [6.45, 7) is 0.362. The predicted octanol–water partition coefficient (Wildman–Crippen LogP) is 1.03. The summed E-state index contributed by atoms with van der Waals surface area (Å²) < 4.78 is 5.40. The molecule has 0 unspecified atom stereocenters. The fourth-order valence-corrected chi connectivity index (χ4v) is 2.04. The summed E-state index contributed by atoms with van der Waals surface area (Å²) in [5.74, 6) is 4.72. The van der Waals surface area contributed by atoms with Crippen molar-refractivity contribution in [3.8, 4) is 5.75 Å². The Kier molecular flexibility index (Phi) is 6.14. The highest BCUT2D eigenvalue weighted by molar-refractivity contribution is 5.96. The molecule has 2 aromatic carbocycles. The third-order valence-electron chi connectivity index (χ3n) is 3.20. The van der Waals surface area contributed by atoms with Gasteiger partial charge in [0.2, 0.25) is 0 Å². The molecule has 0 aromatic heterocycles. The van der Waals surface area contributed by atoms with Crippen molar-refractivity contribution >= 4 is 11.8 Å². The number of amides is 2. The zero-order valence-electron chi connectivity index (χ0n) is 12.6. The van der Waals surface area contributed by atoms with Gasteiger partial charge in [-0.05, 0) is 24.1 Å². The Labute approximate surface area is 134 Å². The van der Waals surface area contributed by atoms with Crippen molar-refractivity contribution < 1.29 is 14.3 Å². The van der Waals surface area contributed by atoms with E-state index in [0.717, 1.165) is 12.0 Å². The monoisotopic (exact) mass is 313 g/mol. The average molecular weight is 313 g/mol. The summed E-state index contributed by atoms with van der Waals surface area (Å²) >= 11 is 0. The number of nitrogens with two attached hydrogens (primary N) is 1. The van der Waals surface area contributed by atoms with Gasteiger partial charge in [-0.2, -0.15) is 0 Å². The fraction of sp³-hybridized carbons (Fsp3) is 0.176. The van der Waals surface area contributed by atoms with E-state index in [2.05, 4.69) is 5.32 Å². The molecule has 0 saturated carbocycles. The molecule has 0 atom stereocenters. The summed E-state index contributed by atoms with van der Waals surface area (Å²) in [5, 5.41) is 2.77. The SMILES string of the molecule is NNC(=O)c1ccccc1OCC(=O)NCCc1ccccc1. The minimum absolute atomic E-state index is 0.163. The third-order valence-corrected chi connectivity index (χ3v) is 3.20. The maximum absolute atomic E-state index is 11.8. The molecule has 0 fully saturated rings. The number of para-hydroxylation sites is 1. The lowest BCUT2D eigenvalue weighted by atomic mass is 10.1. The molecule has 0 bridgehead atoms. The lowest BCUT2D eigenvalue weighted by Gasteiger charge is -2.10. The Morgan fingerprint density at radius 1 is 1.00 bits per heavy atom. The van der Waals surface area contributed by atoms with Crippen molar-refractivity contribution in [2.24, 2.45) is 5.84 Å². The number of hydrazine groups is 1. The van der Waals surface area contributed by atoms with Gasteiger partial charge in [-0.3, -0.25) is 15.0 Å². The van der Waals surface area contributed by atoms with Gasteiger partial charge in [0, 0.05) is 6.54 Å². The highest BCUT2D eigenvalue weighted by atomic mass is 16.5. The van der Waals surface area contributed by atoms with E-state index in [4.69, 9.17) is 10.6 Å². The maximum Gasteiger partial charge on any atom is 0.268 e. The van der Waals surface area contributed by atoms with E-state index in [1.54, 1.807) is 24.3 Å². The summed E-state index contributed by atoms with van der Waals surface area (Å²) in [7, 11) is 0. The topological polar surface area (TPSA) is 93.4 Å². The van der Waals surface area contributed by atoms with Crippen LogP contribution in [0.25, 0.3) is 0 Å². The van der Waals surface area contributed by atoms with E-state index < -0.39 is 5.91 Å². The molecule has 0 heterocycles. The van der Waals surface area contributed by atoms with E-state index in [0.29, 0.717) is 12.3 Å². The first-order valence-electron chi connectivity index (χ1n) is 7.24. The molecule has 120 valence electrons. The molecule has 2 amide bonds. The van der Waals surface area contributed by atoms with Gasteiger partial charge < -0.3 is 10.1 Å². The van der Waals surface area contributed by atoms with Crippen molar-refractivity contribution in [3.05, 3.63) is 65.7 Å². The van der Waals surface area contributed by atoms with E-state index in [-0.39, 0.29) is 18.1 Å². The number of carbonyl (C=O) groups excluding carboxylic acids is 2. The van der Waals surface area contributed by atoms with Gasteiger partial charge >= 0.3 is 0 Å². The van der Waals surface area contributed by atoms with Crippen molar-refractivity contribution in [1.82, 2.24) is 10.7 Å². The second kappa shape index (κ2) is 8.55. The predicted molar refractivity (Wildman–Crippen MR) is 86.7 cm³/mol. The molecular weight excluding hydrogens is 294 g/mol. The van der Waals surface area contributed by atoms with Crippen molar-refractivity contribution in [3.63, 3.8) is 0 Å². The van der Waals surface area contributed by atoms with Crippen LogP contribution in [0.5, 0.6) is 5.75 Å². The van der Waals surface area contributed by atoms with Crippen molar-refractivity contribution in [1.29, 1.82) is 0 Å². The third kappa shape index (κ3) is 5.12. The largest absolute Gasteiger partial charge is 0.483 e.